The second kappa shape index (κ2) is 2.99. The number of Topliss-reactive ketones (excluding diaryl/α,β-unsaturated/α-hetero) is 1. The number of hydrogen-bond acceptors (Lipinski definition) is 2. The number of hydrogen-bond donors (Lipinski definition) is 1. The van der Waals surface area contributed by atoms with Crippen molar-refractivity contribution in [2.75, 3.05) is 0 Å². The van der Waals surface area contributed by atoms with Crippen molar-refractivity contribution < 1.29 is 9.90 Å². The summed E-state index contributed by atoms with van der Waals surface area (Å²) in [7, 11) is 0. The lowest BCUT2D eigenvalue weighted by Crippen LogP contribution is -2.10. The Labute approximate surface area is 47.1 Å². The van der Waals surface area contributed by atoms with Crippen LogP contribution in [0.15, 0.2) is 0 Å². The third kappa shape index (κ3) is 2.60. The molecule has 0 rings (SSSR count). The van der Waals surface area contributed by atoms with E-state index in [-0.39, 0.29) is 5.78 Å². The van der Waals surface area contributed by atoms with Gasteiger partial charge in [-0.2, -0.15) is 0 Å². The summed E-state index contributed by atoms with van der Waals surface area (Å²) in [5.41, 5.74) is -1.30. The molecule has 1 atom stereocenters. The van der Waals surface area contributed by atoms with Crippen LogP contribution in [-0.2, 0) is 4.79 Å². The highest BCUT2D eigenvalue weighted by Gasteiger charge is 2.05. The second-order valence-corrected chi connectivity index (χ2v) is 1.57. The molecule has 0 aliphatic rings. The SMILES string of the molecule is CCC(=O)C(O)Cl. The highest BCUT2D eigenvalue weighted by atomic mass is 35.5. The average molecular weight is 123 g/mol. The average Bonchev–Trinajstić information content (AvgIpc) is 1.65. The molecule has 0 aromatic rings. The number of rotatable bonds is 2. The predicted octanol–water partition coefficient (Wildman–Crippen LogP) is 0.523. The molecule has 1 unspecified atom stereocenters. The first-order chi connectivity index (χ1) is 3.18. The van der Waals surface area contributed by atoms with Crippen LogP contribution in [0.2, 0.25) is 0 Å². The van der Waals surface area contributed by atoms with Crippen molar-refractivity contribution >= 4 is 17.4 Å². The molecule has 0 aliphatic heterocycles. The summed E-state index contributed by atoms with van der Waals surface area (Å²) in [5.74, 6) is -0.332. The van der Waals surface area contributed by atoms with Crippen LogP contribution in [0.1, 0.15) is 13.3 Å². The molecule has 3 heteroatoms. The maximum Gasteiger partial charge on any atom is 0.186 e. The van der Waals surface area contributed by atoms with E-state index in [2.05, 4.69) is 0 Å². The lowest BCUT2D eigenvalue weighted by Gasteiger charge is -1.92. The molecule has 0 fully saturated rings. The molecule has 0 aromatic heterocycles. The van der Waals surface area contributed by atoms with E-state index in [4.69, 9.17) is 16.7 Å². The van der Waals surface area contributed by atoms with Gasteiger partial charge in [0.15, 0.2) is 11.3 Å². The summed E-state index contributed by atoms with van der Waals surface area (Å²) in [5, 5.41) is 8.24. The number of carbonyl (C=O) groups excluding carboxylic acids is 1. The van der Waals surface area contributed by atoms with E-state index in [1.165, 1.54) is 0 Å². The Hall–Kier alpha value is -0.0800. The Morgan fingerprint density at radius 2 is 2.43 bits per heavy atom. The first-order valence-corrected chi connectivity index (χ1v) is 2.47. The fraction of sp³-hybridized carbons (Fsp3) is 0.750. The molecular formula is C4H7ClO2. The molecule has 42 valence electrons. The molecule has 0 amide bonds. The van der Waals surface area contributed by atoms with Gasteiger partial charge in [-0.05, 0) is 0 Å². The van der Waals surface area contributed by atoms with Crippen LogP contribution in [0.25, 0.3) is 0 Å². The van der Waals surface area contributed by atoms with Gasteiger partial charge in [0.05, 0.1) is 0 Å². The van der Waals surface area contributed by atoms with Crippen molar-refractivity contribution in [3.05, 3.63) is 0 Å². The summed E-state index contributed by atoms with van der Waals surface area (Å²) in [6.45, 7) is 1.65. The summed E-state index contributed by atoms with van der Waals surface area (Å²) in [6.07, 6.45) is 0.296. The minimum Gasteiger partial charge on any atom is -0.371 e. The van der Waals surface area contributed by atoms with Gasteiger partial charge in [0.1, 0.15) is 0 Å². The molecule has 0 saturated carbocycles. The molecule has 0 aromatic carbocycles. The van der Waals surface area contributed by atoms with Crippen LogP contribution in [-0.4, -0.2) is 16.5 Å². The third-order valence-corrected chi connectivity index (χ3v) is 0.858. The van der Waals surface area contributed by atoms with Gasteiger partial charge in [-0.25, -0.2) is 0 Å². The molecule has 0 heterocycles. The first-order valence-electron chi connectivity index (χ1n) is 2.03. The lowest BCUT2D eigenvalue weighted by molar-refractivity contribution is -0.123. The Morgan fingerprint density at radius 1 is 2.00 bits per heavy atom. The highest BCUT2D eigenvalue weighted by molar-refractivity contribution is 6.29. The van der Waals surface area contributed by atoms with E-state index in [1.54, 1.807) is 6.92 Å². The van der Waals surface area contributed by atoms with Gasteiger partial charge in [-0.1, -0.05) is 18.5 Å². The van der Waals surface area contributed by atoms with E-state index in [0.29, 0.717) is 6.42 Å². The van der Waals surface area contributed by atoms with Crippen LogP contribution in [0.3, 0.4) is 0 Å². The smallest absolute Gasteiger partial charge is 0.186 e. The van der Waals surface area contributed by atoms with Gasteiger partial charge in [0, 0.05) is 6.42 Å². The van der Waals surface area contributed by atoms with Gasteiger partial charge in [0.25, 0.3) is 0 Å². The van der Waals surface area contributed by atoms with Gasteiger partial charge in [-0.3, -0.25) is 4.79 Å². The number of aliphatic hydroxyl groups excluding tert-OH is 1. The van der Waals surface area contributed by atoms with Crippen LogP contribution in [0.4, 0.5) is 0 Å². The second-order valence-electron chi connectivity index (χ2n) is 1.16. The minimum atomic E-state index is -1.30. The molecule has 0 radical (unpaired) electrons. The predicted molar refractivity (Wildman–Crippen MR) is 27.2 cm³/mol. The molecule has 0 aliphatic carbocycles. The Kier molecular flexibility index (Phi) is 2.96. The van der Waals surface area contributed by atoms with Crippen molar-refractivity contribution in [3.63, 3.8) is 0 Å². The zero-order valence-electron chi connectivity index (χ0n) is 4.02. The van der Waals surface area contributed by atoms with Gasteiger partial charge >= 0.3 is 0 Å². The van der Waals surface area contributed by atoms with Crippen molar-refractivity contribution in [2.45, 2.75) is 18.9 Å². The number of halogens is 1. The largest absolute Gasteiger partial charge is 0.371 e. The lowest BCUT2D eigenvalue weighted by atomic mass is 10.3. The van der Waals surface area contributed by atoms with E-state index in [9.17, 15) is 4.79 Å². The molecule has 2 nitrogen and oxygen atoms in total. The fourth-order valence-electron chi connectivity index (χ4n) is 0.168. The number of aliphatic hydroxyl groups is 1. The normalized spacial score (nSPS) is 13.6. The highest BCUT2D eigenvalue weighted by Crippen LogP contribution is 1.93. The minimum absolute atomic E-state index is 0.296. The van der Waals surface area contributed by atoms with Crippen molar-refractivity contribution in [3.8, 4) is 0 Å². The van der Waals surface area contributed by atoms with E-state index >= 15 is 0 Å². The molecule has 0 saturated heterocycles. The van der Waals surface area contributed by atoms with Crippen LogP contribution in [0, 0.1) is 0 Å². The zero-order valence-corrected chi connectivity index (χ0v) is 4.77. The fourth-order valence-corrected chi connectivity index (χ4v) is 0.323. The van der Waals surface area contributed by atoms with Gasteiger partial charge in [-0.15, -0.1) is 0 Å². The number of ketones is 1. The first kappa shape index (κ1) is 6.92. The Bertz CT molecular complexity index is 70.1. The van der Waals surface area contributed by atoms with Gasteiger partial charge in [0.2, 0.25) is 0 Å². The summed E-state index contributed by atoms with van der Waals surface area (Å²) in [6, 6.07) is 0. The van der Waals surface area contributed by atoms with Crippen molar-refractivity contribution in [2.24, 2.45) is 0 Å². The Morgan fingerprint density at radius 3 is 2.43 bits per heavy atom. The number of carbonyl (C=O) groups is 1. The van der Waals surface area contributed by atoms with E-state index < -0.39 is 5.56 Å². The quantitative estimate of drug-likeness (QED) is 0.543. The maximum absolute atomic E-state index is 10.1. The zero-order chi connectivity index (χ0) is 5.86. The summed E-state index contributed by atoms with van der Waals surface area (Å²) in [4.78, 5) is 10.1. The van der Waals surface area contributed by atoms with Crippen LogP contribution < -0.4 is 0 Å². The Balaban J connectivity index is 3.35. The monoisotopic (exact) mass is 122 g/mol. The van der Waals surface area contributed by atoms with Crippen molar-refractivity contribution in [1.82, 2.24) is 0 Å². The van der Waals surface area contributed by atoms with Crippen LogP contribution in [0.5, 0.6) is 0 Å². The third-order valence-electron chi connectivity index (χ3n) is 0.614. The molecule has 1 N–H and O–H groups in total. The van der Waals surface area contributed by atoms with E-state index in [1.807, 2.05) is 0 Å². The molecule has 0 spiro atoms. The maximum atomic E-state index is 10.1. The summed E-state index contributed by atoms with van der Waals surface area (Å²) >= 11 is 4.93. The van der Waals surface area contributed by atoms with E-state index in [0.717, 1.165) is 0 Å². The van der Waals surface area contributed by atoms with Crippen LogP contribution >= 0.6 is 11.6 Å². The molecular weight excluding hydrogens is 115 g/mol. The molecule has 0 bridgehead atoms. The number of alkyl halides is 1. The summed E-state index contributed by atoms with van der Waals surface area (Å²) < 4.78 is 0. The van der Waals surface area contributed by atoms with Crippen molar-refractivity contribution in [1.29, 1.82) is 0 Å². The molecule has 7 heavy (non-hydrogen) atoms. The van der Waals surface area contributed by atoms with Gasteiger partial charge < -0.3 is 5.11 Å². The standard InChI is InChI=1S/C4H7ClO2/c1-2-3(6)4(5)7/h4,7H,2H2,1H3. The topological polar surface area (TPSA) is 37.3 Å².